The zero-order valence-electron chi connectivity index (χ0n) is 19.3. The minimum Gasteiger partial charge on any atom is -0.368 e. The van der Waals surface area contributed by atoms with Crippen LogP contribution in [0, 0.1) is 36.0 Å². The van der Waals surface area contributed by atoms with E-state index in [1.165, 1.54) is 0 Å². The monoisotopic (exact) mass is 554 g/mol. The van der Waals surface area contributed by atoms with Crippen LogP contribution in [0.1, 0.15) is 15.9 Å². The van der Waals surface area contributed by atoms with Crippen molar-refractivity contribution in [3.63, 3.8) is 0 Å². The van der Waals surface area contributed by atoms with Crippen molar-refractivity contribution >= 4 is 51.9 Å². The number of benzene rings is 3. The molecule has 0 bridgehead atoms. The summed E-state index contributed by atoms with van der Waals surface area (Å²) < 4.78 is 68.8. The summed E-state index contributed by atoms with van der Waals surface area (Å²) in [4.78, 5) is 15.4. The Kier molecular flexibility index (Phi) is 7.84. The number of hydrogen-bond donors (Lipinski definition) is 2. The van der Waals surface area contributed by atoms with Gasteiger partial charge in [0.1, 0.15) is 5.69 Å². The van der Waals surface area contributed by atoms with Crippen molar-refractivity contribution in [1.82, 2.24) is 5.32 Å². The fourth-order valence-corrected chi connectivity index (χ4v) is 4.28. The third-order valence-electron chi connectivity index (χ3n) is 5.93. The van der Waals surface area contributed by atoms with Crippen molar-refractivity contribution in [2.75, 3.05) is 41.3 Å². The van der Waals surface area contributed by atoms with E-state index < -0.39 is 40.7 Å². The third kappa shape index (κ3) is 5.62. The maximum atomic E-state index is 14.1. The molecule has 0 aromatic heterocycles. The highest BCUT2D eigenvalue weighted by Gasteiger charge is 2.30. The Balaban J connectivity index is 1.35. The molecule has 3 aromatic rings. The lowest BCUT2D eigenvalue weighted by Gasteiger charge is -2.37. The first-order valence-corrected chi connectivity index (χ1v) is 11.8. The predicted octanol–water partition coefficient (Wildman–Crippen LogP) is 5.80. The number of nitrogens with zero attached hydrogens (tertiary/aromatic N) is 2. The highest BCUT2D eigenvalue weighted by Crippen LogP contribution is 2.31. The first-order valence-electron chi connectivity index (χ1n) is 11.1. The van der Waals surface area contributed by atoms with Gasteiger partial charge in [0.2, 0.25) is 5.82 Å². The van der Waals surface area contributed by atoms with Crippen molar-refractivity contribution in [2.24, 2.45) is 0 Å². The molecule has 0 radical (unpaired) electrons. The lowest BCUT2D eigenvalue weighted by atomic mass is 10.1. The van der Waals surface area contributed by atoms with Gasteiger partial charge in [0.05, 0.1) is 0 Å². The molecule has 194 valence electrons. The number of carbonyl (C=O) groups is 1. The zero-order chi connectivity index (χ0) is 26.9. The van der Waals surface area contributed by atoms with Crippen LogP contribution in [0.25, 0.3) is 0 Å². The molecule has 3 aromatic carbocycles. The van der Waals surface area contributed by atoms with Gasteiger partial charge in [-0.05, 0) is 61.1 Å². The Hall–Kier alpha value is -3.44. The Morgan fingerprint density at radius 3 is 1.95 bits per heavy atom. The molecule has 1 saturated heterocycles. The average molecular weight is 555 g/mol. The van der Waals surface area contributed by atoms with E-state index in [1.54, 1.807) is 42.5 Å². The second-order valence-corrected chi connectivity index (χ2v) is 9.13. The molecule has 1 aliphatic rings. The maximum absolute atomic E-state index is 14.1. The SMILES string of the molecule is Cc1ccc(C(=O)NC(=S)Nc2ccc(N3CCN(c4c(F)c(F)c(F)c(F)c4F)CC3)cc2)cc1Cl. The van der Waals surface area contributed by atoms with Crippen LogP contribution in [-0.2, 0) is 0 Å². The smallest absolute Gasteiger partial charge is 0.257 e. The second-order valence-electron chi connectivity index (χ2n) is 8.31. The molecule has 0 aliphatic carbocycles. The van der Waals surface area contributed by atoms with Crippen molar-refractivity contribution in [2.45, 2.75) is 6.92 Å². The van der Waals surface area contributed by atoms with Crippen LogP contribution in [-0.4, -0.2) is 37.2 Å². The number of amides is 1. The molecule has 1 heterocycles. The number of halogens is 6. The van der Waals surface area contributed by atoms with E-state index in [9.17, 15) is 26.7 Å². The molecule has 1 aliphatic heterocycles. The molecule has 0 atom stereocenters. The van der Waals surface area contributed by atoms with Gasteiger partial charge in [-0.1, -0.05) is 17.7 Å². The highest BCUT2D eigenvalue weighted by atomic mass is 35.5. The summed E-state index contributed by atoms with van der Waals surface area (Å²) in [5.74, 6) is -10.2. The van der Waals surface area contributed by atoms with Gasteiger partial charge in [0.25, 0.3) is 5.91 Å². The van der Waals surface area contributed by atoms with Crippen molar-refractivity contribution < 1.29 is 26.7 Å². The van der Waals surface area contributed by atoms with Crippen LogP contribution in [0.4, 0.5) is 39.0 Å². The molecule has 0 spiro atoms. The minimum atomic E-state index is -2.18. The molecule has 5 nitrogen and oxygen atoms in total. The summed E-state index contributed by atoms with van der Waals surface area (Å²) in [5, 5.41) is 6.05. The van der Waals surface area contributed by atoms with E-state index >= 15 is 0 Å². The van der Waals surface area contributed by atoms with Gasteiger partial charge in [-0.3, -0.25) is 10.1 Å². The van der Waals surface area contributed by atoms with Gasteiger partial charge in [-0.2, -0.15) is 0 Å². The molecule has 37 heavy (non-hydrogen) atoms. The Morgan fingerprint density at radius 2 is 1.38 bits per heavy atom. The highest BCUT2D eigenvalue weighted by molar-refractivity contribution is 7.80. The fraction of sp³-hybridized carbons (Fsp3) is 0.200. The predicted molar refractivity (Wildman–Crippen MR) is 137 cm³/mol. The lowest BCUT2D eigenvalue weighted by Crippen LogP contribution is -2.47. The summed E-state index contributed by atoms with van der Waals surface area (Å²) >= 11 is 11.3. The minimum absolute atomic E-state index is 0.0531. The topological polar surface area (TPSA) is 47.6 Å². The van der Waals surface area contributed by atoms with Gasteiger partial charge in [-0.25, -0.2) is 22.0 Å². The van der Waals surface area contributed by atoms with Crippen molar-refractivity contribution in [3.05, 3.63) is 87.7 Å². The van der Waals surface area contributed by atoms with Crippen LogP contribution in [0.3, 0.4) is 0 Å². The number of rotatable bonds is 4. The van der Waals surface area contributed by atoms with Gasteiger partial charge in [-0.15, -0.1) is 0 Å². The first kappa shape index (κ1) is 26.6. The number of nitrogens with one attached hydrogen (secondary N) is 2. The van der Waals surface area contributed by atoms with Gasteiger partial charge >= 0.3 is 0 Å². The van der Waals surface area contributed by atoms with Gasteiger partial charge in [0.15, 0.2) is 28.4 Å². The molecular formula is C25H20ClF5N4OS. The Bertz CT molecular complexity index is 1340. The number of piperazine rings is 1. The quantitative estimate of drug-likeness (QED) is 0.185. The van der Waals surface area contributed by atoms with E-state index in [-0.39, 0.29) is 18.2 Å². The lowest BCUT2D eigenvalue weighted by molar-refractivity contribution is 0.0977. The first-order chi connectivity index (χ1) is 17.6. The molecule has 0 saturated carbocycles. The zero-order valence-corrected chi connectivity index (χ0v) is 20.9. The maximum Gasteiger partial charge on any atom is 0.257 e. The van der Waals surface area contributed by atoms with Crippen molar-refractivity contribution in [1.29, 1.82) is 0 Å². The van der Waals surface area contributed by atoms with Crippen LogP contribution < -0.4 is 20.4 Å². The van der Waals surface area contributed by atoms with Crippen LogP contribution in [0.5, 0.6) is 0 Å². The summed E-state index contributed by atoms with van der Waals surface area (Å²) in [6, 6.07) is 11.9. The van der Waals surface area contributed by atoms with E-state index in [0.29, 0.717) is 29.4 Å². The van der Waals surface area contributed by atoms with E-state index in [1.807, 2.05) is 11.8 Å². The molecular weight excluding hydrogens is 535 g/mol. The molecule has 0 unspecified atom stereocenters. The second kappa shape index (κ2) is 10.9. The summed E-state index contributed by atoms with van der Waals surface area (Å²) in [6.45, 7) is 2.52. The molecule has 2 N–H and O–H groups in total. The van der Waals surface area contributed by atoms with Crippen molar-refractivity contribution in [3.8, 4) is 0 Å². The molecule has 4 rings (SSSR count). The number of anilines is 3. The van der Waals surface area contributed by atoms with Crippen LogP contribution >= 0.6 is 23.8 Å². The molecule has 12 heteroatoms. The summed E-state index contributed by atoms with van der Waals surface area (Å²) in [7, 11) is 0. The summed E-state index contributed by atoms with van der Waals surface area (Å²) in [6.07, 6.45) is 0. The summed E-state index contributed by atoms with van der Waals surface area (Å²) in [5.41, 5.74) is 1.68. The van der Waals surface area contributed by atoms with Gasteiger partial charge < -0.3 is 15.1 Å². The number of aryl methyl sites for hydroxylation is 1. The number of carbonyl (C=O) groups excluding carboxylic acids is 1. The standard InChI is InChI=1S/C25H20ClF5N4OS/c1-13-2-3-14(12-17(13)26)24(36)33-25(37)32-15-4-6-16(7-5-15)34-8-10-35(11-9-34)23-21(30)19(28)18(27)20(29)22(23)31/h2-7,12H,8-11H2,1H3,(H2,32,33,36,37). The van der Waals surface area contributed by atoms with E-state index in [2.05, 4.69) is 10.6 Å². The van der Waals surface area contributed by atoms with Crippen LogP contribution in [0.2, 0.25) is 5.02 Å². The normalized spacial score (nSPS) is 13.5. The average Bonchev–Trinajstić information content (AvgIpc) is 2.89. The van der Waals surface area contributed by atoms with Gasteiger partial charge in [0, 0.05) is 48.1 Å². The molecule has 1 fully saturated rings. The van der Waals surface area contributed by atoms with Crippen LogP contribution in [0.15, 0.2) is 42.5 Å². The fourth-order valence-electron chi connectivity index (χ4n) is 3.89. The largest absolute Gasteiger partial charge is 0.368 e. The Morgan fingerprint density at radius 1 is 0.838 bits per heavy atom. The third-order valence-corrected chi connectivity index (χ3v) is 6.55. The number of thiocarbonyl (C=S) groups is 1. The molecule has 1 amide bonds. The van der Waals surface area contributed by atoms with E-state index in [0.717, 1.165) is 16.2 Å². The number of hydrogen-bond acceptors (Lipinski definition) is 4. The Labute approximate surface area is 219 Å². The van der Waals surface area contributed by atoms with E-state index in [4.69, 9.17) is 23.8 Å².